The average molecular weight is 382 g/mol. The van der Waals surface area contributed by atoms with E-state index in [0.29, 0.717) is 5.56 Å². The Balaban J connectivity index is 2.13. The van der Waals surface area contributed by atoms with Crippen LogP contribution in [0.2, 0.25) is 0 Å². The van der Waals surface area contributed by atoms with Crippen LogP contribution >= 0.6 is 0 Å². The van der Waals surface area contributed by atoms with Gasteiger partial charge in [0.15, 0.2) is 0 Å². The number of alkyl halides is 2. The van der Waals surface area contributed by atoms with E-state index in [9.17, 15) is 31.9 Å². The van der Waals surface area contributed by atoms with Crippen molar-refractivity contribution in [3.63, 3.8) is 0 Å². The molecule has 1 N–H and O–H groups in total. The molecular formula is C17H14F2NO5S-. The summed E-state index contributed by atoms with van der Waals surface area (Å²) in [4.78, 5) is 22.8. The normalized spacial score (nSPS) is 12.6. The van der Waals surface area contributed by atoms with Crippen LogP contribution in [0.25, 0.3) is 0 Å². The first kappa shape index (κ1) is 19.5. The van der Waals surface area contributed by atoms with Crippen LogP contribution in [0.1, 0.15) is 15.9 Å². The van der Waals surface area contributed by atoms with Crippen molar-refractivity contribution in [1.29, 1.82) is 0 Å². The Morgan fingerprint density at radius 3 is 2.08 bits per heavy atom. The number of sulfone groups is 1. The van der Waals surface area contributed by atoms with Gasteiger partial charge in [0.2, 0.25) is 9.84 Å². The maximum Gasteiger partial charge on any atom is 0.341 e. The van der Waals surface area contributed by atoms with E-state index in [1.807, 2.05) is 0 Å². The molecule has 0 saturated heterocycles. The van der Waals surface area contributed by atoms with E-state index in [1.54, 1.807) is 30.3 Å². The third-order valence-corrected chi connectivity index (χ3v) is 4.95. The summed E-state index contributed by atoms with van der Waals surface area (Å²) in [5.74, 6) is -5.86. The lowest BCUT2D eigenvalue weighted by atomic mass is 10.1. The summed E-state index contributed by atoms with van der Waals surface area (Å²) < 4.78 is 47.7. The summed E-state index contributed by atoms with van der Waals surface area (Å²) >= 11 is 0. The highest BCUT2D eigenvalue weighted by molar-refractivity contribution is 7.91. The number of aliphatic carboxylic acids is 1. The largest absolute Gasteiger partial charge is 0.548 e. The van der Waals surface area contributed by atoms with E-state index >= 15 is 0 Å². The summed E-state index contributed by atoms with van der Waals surface area (Å²) in [6, 6.07) is 11.0. The van der Waals surface area contributed by atoms with E-state index in [1.165, 1.54) is 0 Å². The molecule has 0 aliphatic rings. The van der Waals surface area contributed by atoms with Gasteiger partial charge in [0.25, 0.3) is 5.91 Å². The lowest BCUT2D eigenvalue weighted by molar-refractivity contribution is -0.308. The monoisotopic (exact) mass is 382 g/mol. The van der Waals surface area contributed by atoms with Crippen LogP contribution in [-0.4, -0.2) is 32.1 Å². The molecule has 0 heterocycles. The molecule has 0 unspecified atom stereocenters. The molecule has 0 radical (unpaired) electrons. The smallest absolute Gasteiger partial charge is 0.341 e. The van der Waals surface area contributed by atoms with Gasteiger partial charge in [-0.05, 0) is 36.2 Å². The molecule has 0 bridgehead atoms. The third-order valence-electron chi connectivity index (χ3n) is 3.55. The van der Waals surface area contributed by atoms with E-state index in [2.05, 4.69) is 5.32 Å². The lowest BCUT2D eigenvalue weighted by Crippen LogP contribution is -2.49. The van der Waals surface area contributed by atoms with E-state index in [-0.39, 0.29) is 12.0 Å². The summed E-state index contributed by atoms with van der Waals surface area (Å²) in [6.07, 6.45) is -0.00718. The van der Waals surface area contributed by atoms with Crippen LogP contribution < -0.4 is 10.4 Å². The van der Waals surface area contributed by atoms with Gasteiger partial charge >= 0.3 is 5.76 Å². The van der Waals surface area contributed by atoms with Crippen LogP contribution in [0.5, 0.6) is 0 Å². The minimum Gasteiger partial charge on any atom is -0.548 e. The molecule has 9 heteroatoms. The Morgan fingerprint density at radius 2 is 1.58 bits per heavy atom. The van der Waals surface area contributed by atoms with Gasteiger partial charge in [0, 0.05) is 5.56 Å². The van der Waals surface area contributed by atoms with Gasteiger partial charge in [0.1, 0.15) is 0 Å². The Labute approximate surface area is 148 Å². The number of rotatable bonds is 7. The van der Waals surface area contributed by atoms with Crippen molar-refractivity contribution in [2.24, 2.45) is 0 Å². The zero-order chi connectivity index (χ0) is 19.3. The van der Waals surface area contributed by atoms with Crippen molar-refractivity contribution in [2.75, 3.05) is 0 Å². The molecule has 1 amide bonds. The fourth-order valence-electron chi connectivity index (χ4n) is 2.18. The molecule has 0 aromatic heterocycles. The van der Waals surface area contributed by atoms with Gasteiger partial charge in [-0.2, -0.15) is 8.78 Å². The first-order valence-corrected chi connectivity index (χ1v) is 8.94. The van der Waals surface area contributed by atoms with Gasteiger partial charge in [0.05, 0.1) is 16.9 Å². The number of carboxylic acid groups (broad SMARTS) is 1. The third kappa shape index (κ3) is 4.63. The first-order chi connectivity index (χ1) is 12.2. The standard InChI is InChI=1S/C17H15F2NO5S/c18-17(19)26(24,25)13-8-6-12(7-9-13)15(21)20-14(16(22)23)10-11-4-2-1-3-5-11/h1-9,14,17H,10H2,(H,20,21)(H,22,23)/p-1/t14-/m1/s1. The number of benzene rings is 2. The van der Waals surface area contributed by atoms with Crippen molar-refractivity contribution in [2.45, 2.75) is 23.1 Å². The van der Waals surface area contributed by atoms with E-state index < -0.39 is 38.4 Å². The number of hydrogen-bond donors (Lipinski definition) is 1. The first-order valence-electron chi connectivity index (χ1n) is 7.39. The SMILES string of the molecule is O=C(N[C@H](Cc1ccccc1)C(=O)[O-])c1ccc(S(=O)(=O)C(F)F)cc1. The van der Waals surface area contributed by atoms with Crippen LogP contribution in [0.4, 0.5) is 8.78 Å². The van der Waals surface area contributed by atoms with Gasteiger partial charge < -0.3 is 15.2 Å². The number of nitrogens with one attached hydrogen (secondary N) is 1. The second-order valence-electron chi connectivity index (χ2n) is 5.36. The predicted molar refractivity (Wildman–Crippen MR) is 86.0 cm³/mol. The minimum atomic E-state index is -4.77. The predicted octanol–water partition coefficient (Wildman–Crippen LogP) is 0.774. The fourth-order valence-corrected chi connectivity index (χ4v) is 2.90. The second-order valence-corrected chi connectivity index (χ2v) is 7.28. The van der Waals surface area contributed by atoms with Crippen LogP contribution in [0.15, 0.2) is 59.5 Å². The van der Waals surface area contributed by atoms with E-state index in [4.69, 9.17) is 0 Å². The highest BCUT2D eigenvalue weighted by atomic mass is 32.2. The zero-order valence-electron chi connectivity index (χ0n) is 13.3. The molecule has 2 aromatic rings. The summed E-state index contributed by atoms with van der Waals surface area (Å²) in [5.41, 5.74) is 0.595. The number of carbonyl (C=O) groups excluding carboxylic acids is 2. The molecule has 0 fully saturated rings. The molecule has 2 aromatic carbocycles. The van der Waals surface area contributed by atoms with Crippen molar-refractivity contribution < 1.29 is 31.9 Å². The maximum absolute atomic E-state index is 12.5. The van der Waals surface area contributed by atoms with Crippen LogP contribution in [0, 0.1) is 0 Å². The molecule has 0 spiro atoms. The van der Waals surface area contributed by atoms with Crippen molar-refractivity contribution in [3.8, 4) is 0 Å². The molecule has 138 valence electrons. The Bertz CT molecular complexity index is 883. The number of hydrogen-bond acceptors (Lipinski definition) is 5. The Morgan fingerprint density at radius 1 is 1.00 bits per heavy atom. The molecule has 26 heavy (non-hydrogen) atoms. The minimum absolute atomic E-state index is 0.00718. The molecular weight excluding hydrogens is 368 g/mol. The van der Waals surface area contributed by atoms with Crippen LogP contribution in [0.3, 0.4) is 0 Å². The van der Waals surface area contributed by atoms with Gasteiger partial charge in [-0.3, -0.25) is 4.79 Å². The summed E-state index contributed by atoms with van der Waals surface area (Å²) in [6.45, 7) is 0. The number of amides is 1. The lowest BCUT2D eigenvalue weighted by Gasteiger charge is -2.20. The second kappa shape index (κ2) is 8.05. The van der Waals surface area contributed by atoms with Gasteiger partial charge in [-0.15, -0.1) is 0 Å². The quantitative estimate of drug-likeness (QED) is 0.762. The number of halogens is 2. The van der Waals surface area contributed by atoms with Crippen molar-refractivity contribution >= 4 is 21.7 Å². The molecule has 0 aliphatic carbocycles. The maximum atomic E-state index is 12.5. The highest BCUT2D eigenvalue weighted by Gasteiger charge is 2.26. The van der Waals surface area contributed by atoms with E-state index in [0.717, 1.165) is 24.3 Å². The highest BCUT2D eigenvalue weighted by Crippen LogP contribution is 2.18. The Hall–Kier alpha value is -2.81. The summed E-state index contributed by atoms with van der Waals surface area (Å²) in [7, 11) is -4.77. The molecule has 2 rings (SSSR count). The zero-order valence-corrected chi connectivity index (χ0v) is 14.1. The van der Waals surface area contributed by atoms with Crippen LogP contribution in [-0.2, 0) is 21.1 Å². The Kier molecular flexibility index (Phi) is 6.04. The molecule has 1 atom stereocenters. The fraction of sp³-hybridized carbons (Fsp3) is 0.176. The number of carboxylic acids is 1. The van der Waals surface area contributed by atoms with Gasteiger partial charge in [-0.25, -0.2) is 8.42 Å². The van der Waals surface area contributed by atoms with Crippen molar-refractivity contribution in [3.05, 3.63) is 65.7 Å². The average Bonchev–Trinajstić information content (AvgIpc) is 2.61. The summed E-state index contributed by atoms with van der Waals surface area (Å²) in [5, 5.41) is 13.5. The number of carbonyl (C=O) groups is 2. The molecule has 6 nitrogen and oxygen atoms in total. The molecule has 0 aliphatic heterocycles. The van der Waals surface area contributed by atoms with Crippen molar-refractivity contribution in [1.82, 2.24) is 5.32 Å². The molecule has 0 saturated carbocycles. The topological polar surface area (TPSA) is 103 Å². The van der Waals surface area contributed by atoms with Gasteiger partial charge in [-0.1, -0.05) is 30.3 Å².